The van der Waals surface area contributed by atoms with Crippen LogP contribution in [-0.2, 0) is 10.0 Å². The Labute approximate surface area is 150 Å². The van der Waals surface area contributed by atoms with Crippen LogP contribution in [-0.4, -0.2) is 33.0 Å². The Bertz CT molecular complexity index is 705. The summed E-state index contributed by atoms with van der Waals surface area (Å²) in [5.41, 5.74) is 6.48. The monoisotopic (exact) mass is 375 g/mol. The third kappa shape index (κ3) is 4.47. The van der Waals surface area contributed by atoms with Gasteiger partial charge in [-0.25, -0.2) is 13.1 Å². The van der Waals surface area contributed by atoms with Crippen molar-refractivity contribution < 1.29 is 13.2 Å². The summed E-state index contributed by atoms with van der Waals surface area (Å²) in [7, 11) is -3.59. The number of carbonyl (C=O) groups excluding carboxylic acids is 1. The van der Waals surface area contributed by atoms with Gasteiger partial charge in [0.15, 0.2) is 0 Å². The van der Waals surface area contributed by atoms with Crippen molar-refractivity contribution in [3.8, 4) is 0 Å². The molecule has 1 atom stereocenters. The maximum atomic E-state index is 12.6. The molecule has 0 aliphatic heterocycles. The van der Waals surface area contributed by atoms with Crippen LogP contribution in [0.25, 0.3) is 0 Å². The predicted molar refractivity (Wildman–Crippen MR) is 96.9 cm³/mol. The van der Waals surface area contributed by atoms with Crippen LogP contribution in [0.5, 0.6) is 0 Å². The third-order valence-corrected chi connectivity index (χ3v) is 5.94. The first kappa shape index (κ1) is 20.9. The summed E-state index contributed by atoms with van der Waals surface area (Å²) in [4.78, 5) is 12.7. The number of sulfonamides is 1. The van der Waals surface area contributed by atoms with Crippen LogP contribution in [0.2, 0.25) is 0 Å². The Morgan fingerprint density at radius 2 is 2.00 bits per heavy atom. The summed E-state index contributed by atoms with van der Waals surface area (Å²) in [6.45, 7) is 6.09. The summed E-state index contributed by atoms with van der Waals surface area (Å²) in [6.07, 6.45) is 2.11. The lowest BCUT2D eigenvalue weighted by atomic mass is 9.95. The smallest absolute Gasteiger partial charge is 0.252 e. The molecule has 1 aliphatic rings. The lowest BCUT2D eigenvalue weighted by Crippen LogP contribution is -2.53. The van der Waals surface area contributed by atoms with E-state index in [1.807, 2.05) is 6.92 Å². The van der Waals surface area contributed by atoms with E-state index in [9.17, 15) is 13.2 Å². The van der Waals surface area contributed by atoms with Gasteiger partial charge in [0.05, 0.1) is 10.4 Å². The molecule has 1 aromatic carbocycles. The van der Waals surface area contributed by atoms with Gasteiger partial charge >= 0.3 is 0 Å². The SMILES string of the molecule is CCNS(=O)(=O)c1ccc(C)c(C(=O)NC(C)(CN)C2CC2)c1.Cl. The molecule has 1 amide bonds. The van der Waals surface area contributed by atoms with Crippen molar-refractivity contribution in [3.05, 3.63) is 29.3 Å². The number of benzene rings is 1. The molecule has 0 bridgehead atoms. The highest BCUT2D eigenvalue weighted by molar-refractivity contribution is 7.89. The molecule has 0 spiro atoms. The van der Waals surface area contributed by atoms with Crippen LogP contribution in [0.3, 0.4) is 0 Å². The zero-order chi connectivity index (χ0) is 17.3. The minimum absolute atomic E-state index is 0. The molecule has 8 heteroatoms. The second-order valence-electron chi connectivity index (χ2n) is 6.33. The van der Waals surface area contributed by atoms with E-state index in [2.05, 4.69) is 10.0 Å². The van der Waals surface area contributed by atoms with Gasteiger partial charge in [0.25, 0.3) is 5.91 Å². The van der Waals surface area contributed by atoms with Crippen LogP contribution in [0.15, 0.2) is 23.1 Å². The number of nitrogens with one attached hydrogen (secondary N) is 2. The van der Waals surface area contributed by atoms with Gasteiger partial charge in [0.1, 0.15) is 0 Å². The molecule has 1 aliphatic carbocycles. The Kier molecular flexibility index (Phi) is 6.81. The number of rotatable bonds is 7. The van der Waals surface area contributed by atoms with Gasteiger partial charge in [0.2, 0.25) is 10.0 Å². The lowest BCUT2D eigenvalue weighted by molar-refractivity contribution is 0.0897. The average molecular weight is 376 g/mol. The molecule has 1 fully saturated rings. The Morgan fingerprint density at radius 1 is 1.38 bits per heavy atom. The van der Waals surface area contributed by atoms with E-state index in [1.54, 1.807) is 19.9 Å². The summed E-state index contributed by atoms with van der Waals surface area (Å²) < 4.78 is 26.7. The fraction of sp³-hybridized carbons (Fsp3) is 0.562. The molecule has 1 aromatic rings. The molecule has 4 N–H and O–H groups in total. The van der Waals surface area contributed by atoms with Gasteiger partial charge in [-0.2, -0.15) is 0 Å². The highest BCUT2D eigenvalue weighted by Crippen LogP contribution is 2.39. The fourth-order valence-corrected chi connectivity index (χ4v) is 3.72. The van der Waals surface area contributed by atoms with Crippen LogP contribution in [0.4, 0.5) is 0 Å². The maximum absolute atomic E-state index is 12.6. The van der Waals surface area contributed by atoms with Crippen molar-refractivity contribution in [1.29, 1.82) is 0 Å². The van der Waals surface area contributed by atoms with Crippen molar-refractivity contribution in [2.24, 2.45) is 11.7 Å². The van der Waals surface area contributed by atoms with Gasteiger partial charge in [-0.15, -0.1) is 12.4 Å². The van der Waals surface area contributed by atoms with Gasteiger partial charge in [-0.3, -0.25) is 4.79 Å². The van der Waals surface area contributed by atoms with Crippen molar-refractivity contribution in [1.82, 2.24) is 10.0 Å². The van der Waals surface area contributed by atoms with E-state index in [4.69, 9.17) is 5.73 Å². The predicted octanol–water partition coefficient (Wildman–Crippen LogP) is 1.57. The average Bonchev–Trinajstić information content (AvgIpc) is 3.32. The fourth-order valence-electron chi connectivity index (χ4n) is 2.65. The van der Waals surface area contributed by atoms with Gasteiger partial charge < -0.3 is 11.1 Å². The summed E-state index contributed by atoms with van der Waals surface area (Å²) in [6, 6.07) is 4.58. The molecule has 0 saturated heterocycles. The van der Waals surface area contributed by atoms with Crippen LogP contribution < -0.4 is 15.8 Å². The number of nitrogens with two attached hydrogens (primary N) is 1. The summed E-state index contributed by atoms with van der Waals surface area (Å²) >= 11 is 0. The number of carbonyl (C=O) groups is 1. The zero-order valence-corrected chi connectivity index (χ0v) is 15.9. The van der Waals surface area contributed by atoms with Crippen molar-refractivity contribution >= 4 is 28.3 Å². The Hall–Kier alpha value is -1.15. The second kappa shape index (κ2) is 7.82. The van der Waals surface area contributed by atoms with Crippen LogP contribution in [0.1, 0.15) is 42.6 Å². The van der Waals surface area contributed by atoms with Crippen molar-refractivity contribution in [2.45, 2.75) is 44.0 Å². The van der Waals surface area contributed by atoms with E-state index in [0.29, 0.717) is 24.6 Å². The molecule has 0 heterocycles. The van der Waals surface area contributed by atoms with Crippen LogP contribution in [0, 0.1) is 12.8 Å². The Balaban J connectivity index is 0.00000288. The molecule has 24 heavy (non-hydrogen) atoms. The third-order valence-electron chi connectivity index (χ3n) is 4.40. The summed E-state index contributed by atoms with van der Waals surface area (Å²) in [5, 5.41) is 2.99. The normalized spacial score (nSPS) is 16.8. The summed E-state index contributed by atoms with van der Waals surface area (Å²) in [5.74, 6) is 0.112. The number of halogens is 1. The highest BCUT2D eigenvalue weighted by atomic mass is 35.5. The van der Waals surface area contributed by atoms with Gasteiger partial charge in [0, 0.05) is 18.7 Å². The van der Waals surface area contributed by atoms with E-state index in [0.717, 1.165) is 18.4 Å². The second-order valence-corrected chi connectivity index (χ2v) is 8.09. The molecule has 0 radical (unpaired) electrons. The van der Waals surface area contributed by atoms with Crippen molar-refractivity contribution in [3.63, 3.8) is 0 Å². The minimum Gasteiger partial charge on any atom is -0.345 e. The molecule has 2 rings (SSSR count). The van der Waals surface area contributed by atoms with Gasteiger partial charge in [-0.05, 0) is 50.3 Å². The molecule has 1 unspecified atom stereocenters. The van der Waals surface area contributed by atoms with E-state index >= 15 is 0 Å². The number of hydrogen-bond donors (Lipinski definition) is 3. The first-order valence-electron chi connectivity index (χ1n) is 7.86. The quantitative estimate of drug-likeness (QED) is 0.673. The molecule has 6 nitrogen and oxygen atoms in total. The molecular weight excluding hydrogens is 350 g/mol. The lowest BCUT2D eigenvalue weighted by Gasteiger charge is -2.29. The number of hydrogen-bond acceptors (Lipinski definition) is 4. The first-order chi connectivity index (χ1) is 10.7. The van der Waals surface area contributed by atoms with E-state index < -0.39 is 15.6 Å². The standard InChI is InChI=1S/C16H25N3O3S.ClH/c1-4-18-23(21,22)13-8-5-11(2)14(9-13)15(20)19-16(3,10-17)12-6-7-12;/h5,8-9,12,18H,4,6-7,10,17H2,1-3H3,(H,19,20);1H. The van der Waals surface area contributed by atoms with E-state index in [-0.39, 0.29) is 23.2 Å². The molecule has 0 aromatic heterocycles. The van der Waals surface area contributed by atoms with E-state index in [1.165, 1.54) is 12.1 Å². The van der Waals surface area contributed by atoms with Crippen LogP contribution >= 0.6 is 12.4 Å². The molecule has 136 valence electrons. The topological polar surface area (TPSA) is 101 Å². The minimum atomic E-state index is -3.59. The zero-order valence-electron chi connectivity index (χ0n) is 14.3. The number of aryl methyl sites for hydroxylation is 1. The van der Waals surface area contributed by atoms with Gasteiger partial charge in [-0.1, -0.05) is 13.0 Å². The van der Waals surface area contributed by atoms with Crippen molar-refractivity contribution in [2.75, 3.05) is 13.1 Å². The number of amides is 1. The molecular formula is C16H26ClN3O3S. The Morgan fingerprint density at radius 3 is 2.50 bits per heavy atom. The first-order valence-corrected chi connectivity index (χ1v) is 9.34. The maximum Gasteiger partial charge on any atom is 0.252 e. The highest BCUT2D eigenvalue weighted by Gasteiger charge is 2.41. The molecule has 1 saturated carbocycles. The largest absolute Gasteiger partial charge is 0.345 e.